The lowest BCUT2D eigenvalue weighted by Crippen LogP contribution is -2.56. The van der Waals surface area contributed by atoms with Crippen molar-refractivity contribution in [2.24, 2.45) is 11.8 Å². The van der Waals surface area contributed by atoms with Gasteiger partial charge in [0.2, 0.25) is 0 Å². The molecule has 1 saturated heterocycles. The molecule has 1 fully saturated rings. The van der Waals surface area contributed by atoms with Crippen LogP contribution in [0.15, 0.2) is 0 Å². The highest BCUT2D eigenvalue weighted by Crippen LogP contribution is 2.18. The molecule has 7 heteroatoms. The number of carboxylic acids is 1. The Kier molecular flexibility index (Phi) is 3.69. The number of nitrogens with zero attached hydrogens (tertiary/aromatic N) is 1. The summed E-state index contributed by atoms with van der Waals surface area (Å²) in [4.78, 5) is 10.5. The molecule has 0 bridgehead atoms. The zero-order valence-corrected chi connectivity index (χ0v) is 9.62. The van der Waals surface area contributed by atoms with E-state index in [4.69, 9.17) is 5.11 Å². The average Bonchev–Trinajstić information content (AvgIpc) is 1.96. The predicted molar refractivity (Wildman–Crippen MR) is 54.5 cm³/mol. The summed E-state index contributed by atoms with van der Waals surface area (Å²) in [6.45, 7) is 4.32. The molecule has 0 radical (unpaired) electrons. The Labute approximate surface area is 89.4 Å². The van der Waals surface area contributed by atoms with Gasteiger partial charge >= 0.3 is 5.97 Å². The van der Waals surface area contributed by atoms with Crippen LogP contribution in [0.3, 0.4) is 0 Å². The number of rotatable bonds is 5. The highest BCUT2D eigenvalue weighted by atomic mass is 32.2. The highest BCUT2D eigenvalue weighted by Gasteiger charge is 2.39. The van der Waals surface area contributed by atoms with Crippen LogP contribution in [0, 0.1) is 11.8 Å². The van der Waals surface area contributed by atoms with Gasteiger partial charge in [-0.05, 0) is 5.92 Å². The fourth-order valence-electron chi connectivity index (χ4n) is 1.15. The van der Waals surface area contributed by atoms with Crippen molar-refractivity contribution in [3.8, 4) is 0 Å². The fourth-order valence-corrected chi connectivity index (χ4v) is 2.63. The van der Waals surface area contributed by atoms with Gasteiger partial charge in [-0.3, -0.25) is 4.79 Å². The van der Waals surface area contributed by atoms with Crippen molar-refractivity contribution in [1.82, 2.24) is 9.03 Å². The van der Waals surface area contributed by atoms with Crippen molar-refractivity contribution in [3.63, 3.8) is 0 Å². The average molecular weight is 236 g/mol. The molecule has 0 saturated carbocycles. The minimum absolute atomic E-state index is 0.0722. The molecule has 88 valence electrons. The molecular weight excluding hydrogens is 220 g/mol. The smallest absolute Gasteiger partial charge is 0.309 e. The van der Waals surface area contributed by atoms with Gasteiger partial charge in [0, 0.05) is 19.6 Å². The molecule has 0 aromatic heterocycles. The van der Waals surface area contributed by atoms with Crippen molar-refractivity contribution in [2.45, 2.75) is 13.8 Å². The van der Waals surface area contributed by atoms with Crippen LogP contribution in [-0.4, -0.2) is 43.4 Å². The topological polar surface area (TPSA) is 86.7 Å². The molecular formula is C8H16N2O4S. The summed E-state index contributed by atoms with van der Waals surface area (Å²) < 4.78 is 26.6. The largest absolute Gasteiger partial charge is 0.481 e. The van der Waals surface area contributed by atoms with Gasteiger partial charge in [0.1, 0.15) is 0 Å². The van der Waals surface area contributed by atoms with E-state index in [1.165, 1.54) is 0 Å². The van der Waals surface area contributed by atoms with Crippen molar-refractivity contribution >= 4 is 16.2 Å². The lowest BCUT2D eigenvalue weighted by molar-refractivity contribution is -0.145. The summed E-state index contributed by atoms with van der Waals surface area (Å²) in [5.41, 5.74) is 0. The molecule has 0 aromatic carbocycles. The lowest BCUT2D eigenvalue weighted by Gasteiger charge is -2.35. The standard InChI is InChI=1S/C8H16N2O4S/c1-6(2)3-9-15(13,14)10-4-7(5-10)8(11)12/h6-7,9H,3-5H2,1-2H3,(H,11,12). The first kappa shape index (κ1) is 12.4. The summed E-state index contributed by atoms with van der Waals surface area (Å²) in [5, 5.41) is 8.59. The van der Waals surface area contributed by atoms with Crippen molar-refractivity contribution in [1.29, 1.82) is 0 Å². The Morgan fingerprint density at radius 2 is 2.07 bits per heavy atom. The van der Waals surface area contributed by atoms with E-state index in [0.717, 1.165) is 4.31 Å². The maximum atomic E-state index is 11.5. The molecule has 1 rings (SSSR count). The van der Waals surface area contributed by atoms with Gasteiger partial charge in [-0.1, -0.05) is 13.8 Å². The first-order valence-electron chi connectivity index (χ1n) is 4.80. The second-order valence-corrected chi connectivity index (χ2v) is 5.85. The van der Waals surface area contributed by atoms with Crippen LogP contribution < -0.4 is 4.72 Å². The van der Waals surface area contributed by atoms with E-state index in [2.05, 4.69) is 4.72 Å². The van der Waals surface area contributed by atoms with E-state index in [-0.39, 0.29) is 19.0 Å². The number of carbonyl (C=O) groups is 1. The number of hydrogen-bond donors (Lipinski definition) is 2. The molecule has 0 amide bonds. The van der Waals surface area contributed by atoms with Gasteiger partial charge in [-0.25, -0.2) is 4.72 Å². The number of carboxylic acid groups (broad SMARTS) is 1. The Morgan fingerprint density at radius 3 is 2.47 bits per heavy atom. The maximum Gasteiger partial charge on any atom is 0.309 e. The molecule has 0 spiro atoms. The van der Waals surface area contributed by atoms with Gasteiger partial charge in [0.05, 0.1) is 5.92 Å². The Morgan fingerprint density at radius 1 is 1.53 bits per heavy atom. The summed E-state index contributed by atoms with van der Waals surface area (Å²) in [6.07, 6.45) is 0. The first-order chi connectivity index (χ1) is 6.83. The SMILES string of the molecule is CC(C)CNS(=O)(=O)N1CC(C(=O)O)C1. The Bertz CT molecular complexity index is 333. The Balaban J connectivity index is 2.42. The van der Waals surface area contributed by atoms with E-state index in [1.807, 2.05) is 13.8 Å². The molecule has 0 atom stereocenters. The maximum absolute atomic E-state index is 11.5. The number of nitrogens with one attached hydrogen (secondary N) is 1. The van der Waals surface area contributed by atoms with Gasteiger partial charge in [0.25, 0.3) is 10.2 Å². The van der Waals surface area contributed by atoms with Crippen molar-refractivity contribution in [2.75, 3.05) is 19.6 Å². The number of hydrogen-bond acceptors (Lipinski definition) is 3. The van der Waals surface area contributed by atoms with E-state index in [0.29, 0.717) is 6.54 Å². The second-order valence-electron chi connectivity index (χ2n) is 4.10. The zero-order chi connectivity index (χ0) is 11.6. The predicted octanol–water partition coefficient (Wildman–Crippen LogP) is -0.507. The molecule has 15 heavy (non-hydrogen) atoms. The first-order valence-corrected chi connectivity index (χ1v) is 6.24. The van der Waals surface area contributed by atoms with Crippen LogP contribution in [-0.2, 0) is 15.0 Å². The highest BCUT2D eigenvalue weighted by molar-refractivity contribution is 7.87. The molecule has 2 N–H and O–H groups in total. The van der Waals surface area contributed by atoms with Gasteiger partial charge < -0.3 is 5.11 Å². The van der Waals surface area contributed by atoms with Crippen LogP contribution in [0.1, 0.15) is 13.8 Å². The molecule has 1 aliphatic heterocycles. The van der Waals surface area contributed by atoms with Gasteiger partial charge in [0.15, 0.2) is 0 Å². The van der Waals surface area contributed by atoms with Crippen LogP contribution in [0.4, 0.5) is 0 Å². The lowest BCUT2D eigenvalue weighted by atomic mass is 10.0. The third-order valence-corrected chi connectivity index (χ3v) is 3.72. The molecule has 1 heterocycles. The van der Waals surface area contributed by atoms with Crippen molar-refractivity contribution in [3.05, 3.63) is 0 Å². The summed E-state index contributed by atoms with van der Waals surface area (Å²) >= 11 is 0. The van der Waals surface area contributed by atoms with Crippen LogP contribution in [0.5, 0.6) is 0 Å². The molecule has 0 unspecified atom stereocenters. The van der Waals surface area contributed by atoms with Gasteiger partial charge in [-0.15, -0.1) is 0 Å². The van der Waals surface area contributed by atoms with Crippen LogP contribution in [0.25, 0.3) is 0 Å². The van der Waals surface area contributed by atoms with E-state index >= 15 is 0 Å². The fraction of sp³-hybridized carbons (Fsp3) is 0.875. The zero-order valence-electron chi connectivity index (χ0n) is 8.80. The molecule has 6 nitrogen and oxygen atoms in total. The van der Waals surface area contributed by atoms with E-state index < -0.39 is 22.1 Å². The van der Waals surface area contributed by atoms with E-state index in [1.54, 1.807) is 0 Å². The quantitative estimate of drug-likeness (QED) is 0.673. The third-order valence-electron chi connectivity index (χ3n) is 2.21. The van der Waals surface area contributed by atoms with Gasteiger partial charge in [-0.2, -0.15) is 12.7 Å². The Hall–Kier alpha value is -0.660. The molecule has 1 aliphatic rings. The second kappa shape index (κ2) is 4.46. The number of aliphatic carboxylic acids is 1. The molecule has 0 aliphatic carbocycles. The summed E-state index contributed by atoms with van der Waals surface area (Å²) in [5.74, 6) is -1.26. The minimum atomic E-state index is -3.47. The van der Waals surface area contributed by atoms with Crippen LogP contribution in [0.2, 0.25) is 0 Å². The monoisotopic (exact) mass is 236 g/mol. The normalized spacial score (nSPS) is 19.1. The van der Waals surface area contributed by atoms with E-state index in [9.17, 15) is 13.2 Å². The minimum Gasteiger partial charge on any atom is -0.481 e. The van der Waals surface area contributed by atoms with Crippen molar-refractivity contribution < 1.29 is 18.3 Å². The molecule has 0 aromatic rings. The summed E-state index contributed by atoms with van der Waals surface area (Å²) in [7, 11) is -3.47. The summed E-state index contributed by atoms with van der Waals surface area (Å²) in [6, 6.07) is 0. The van der Waals surface area contributed by atoms with Crippen LogP contribution >= 0.6 is 0 Å². The third kappa shape index (κ3) is 3.15.